The maximum absolute atomic E-state index is 13.0. The number of carboxylic acids is 1. The number of carbonyl (C=O) groups is 2. The van der Waals surface area contributed by atoms with Crippen LogP contribution in [0.2, 0.25) is 0 Å². The molecule has 1 amide bonds. The topological polar surface area (TPSA) is 129 Å². The molecule has 0 unspecified atom stereocenters. The summed E-state index contributed by atoms with van der Waals surface area (Å²) in [6.07, 6.45) is 9.72. The van der Waals surface area contributed by atoms with Crippen LogP contribution in [0.1, 0.15) is 48.9 Å². The Bertz CT molecular complexity index is 1190. The number of carbonyl (C=O) groups excluding carboxylic acids is 1. The number of carboxylic acid groups (broad SMARTS) is 1. The molecule has 4 N–H and O–H groups in total. The lowest BCUT2D eigenvalue weighted by molar-refractivity contribution is -0.142. The van der Waals surface area contributed by atoms with E-state index in [1.807, 2.05) is 24.3 Å². The molecule has 0 spiro atoms. The molecular weight excluding hydrogens is 420 g/mol. The molecule has 170 valence electrons. The Morgan fingerprint density at radius 2 is 1.73 bits per heavy atom. The molecule has 3 heterocycles. The molecule has 0 saturated heterocycles. The first-order chi connectivity index (χ1) is 16.0. The molecule has 33 heavy (non-hydrogen) atoms. The van der Waals surface area contributed by atoms with Crippen molar-refractivity contribution in [1.82, 2.24) is 20.3 Å². The van der Waals surface area contributed by atoms with Gasteiger partial charge in [0.05, 0.1) is 22.7 Å². The normalized spacial score (nSPS) is 20.2. The lowest BCUT2D eigenvalue weighted by Crippen LogP contribution is -2.39. The van der Waals surface area contributed by atoms with Crippen molar-refractivity contribution in [2.75, 3.05) is 10.6 Å². The Hall–Kier alpha value is -3.75. The van der Waals surface area contributed by atoms with Crippen molar-refractivity contribution < 1.29 is 14.7 Å². The zero-order valence-corrected chi connectivity index (χ0v) is 18.1. The average Bonchev–Trinajstić information content (AvgIpc) is 3.63. The number of hydrogen-bond acceptors (Lipinski definition) is 7. The molecule has 2 saturated carbocycles. The Kier molecular flexibility index (Phi) is 5.77. The highest BCUT2D eigenvalue weighted by Gasteiger charge is 2.28. The summed E-state index contributed by atoms with van der Waals surface area (Å²) >= 11 is 0. The smallest absolute Gasteiger partial charge is 0.306 e. The third-order valence-electron chi connectivity index (χ3n) is 6.24. The molecular formula is C24H26N6O3. The van der Waals surface area contributed by atoms with Crippen LogP contribution in [-0.2, 0) is 4.79 Å². The number of pyridine rings is 3. The van der Waals surface area contributed by atoms with Gasteiger partial charge < -0.3 is 21.1 Å². The van der Waals surface area contributed by atoms with Crippen molar-refractivity contribution in [3.8, 4) is 0 Å². The van der Waals surface area contributed by atoms with Gasteiger partial charge in [0.1, 0.15) is 11.6 Å². The third kappa shape index (κ3) is 5.02. The van der Waals surface area contributed by atoms with E-state index in [-0.39, 0.29) is 17.9 Å². The number of nitrogens with one attached hydrogen (secondary N) is 3. The van der Waals surface area contributed by atoms with Gasteiger partial charge in [0, 0.05) is 42.1 Å². The van der Waals surface area contributed by atoms with E-state index in [4.69, 9.17) is 0 Å². The highest BCUT2D eigenvalue weighted by Crippen LogP contribution is 2.30. The number of anilines is 3. The fourth-order valence-corrected chi connectivity index (χ4v) is 4.19. The Morgan fingerprint density at radius 3 is 2.48 bits per heavy atom. The van der Waals surface area contributed by atoms with Crippen molar-refractivity contribution in [3.05, 3.63) is 48.4 Å². The second-order valence-corrected chi connectivity index (χ2v) is 8.78. The van der Waals surface area contributed by atoms with E-state index in [9.17, 15) is 14.7 Å². The van der Waals surface area contributed by atoms with Crippen molar-refractivity contribution >= 4 is 40.1 Å². The van der Waals surface area contributed by atoms with Crippen LogP contribution in [0.5, 0.6) is 0 Å². The van der Waals surface area contributed by atoms with Gasteiger partial charge >= 0.3 is 5.97 Å². The molecule has 9 nitrogen and oxygen atoms in total. The lowest BCUT2D eigenvalue weighted by atomic mass is 9.86. The summed E-state index contributed by atoms with van der Waals surface area (Å²) < 4.78 is 0. The maximum Gasteiger partial charge on any atom is 0.306 e. The maximum atomic E-state index is 13.0. The summed E-state index contributed by atoms with van der Waals surface area (Å²) in [7, 11) is 0. The average molecular weight is 447 g/mol. The molecule has 3 aromatic heterocycles. The minimum absolute atomic E-state index is 0.0176. The van der Waals surface area contributed by atoms with Crippen molar-refractivity contribution in [2.45, 2.75) is 50.6 Å². The van der Waals surface area contributed by atoms with Crippen LogP contribution in [0.4, 0.5) is 17.3 Å². The zero-order chi connectivity index (χ0) is 22.8. The zero-order valence-electron chi connectivity index (χ0n) is 18.1. The van der Waals surface area contributed by atoms with E-state index < -0.39 is 5.97 Å². The van der Waals surface area contributed by atoms with Gasteiger partial charge in [-0.15, -0.1) is 0 Å². The second-order valence-electron chi connectivity index (χ2n) is 8.78. The summed E-state index contributed by atoms with van der Waals surface area (Å²) in [5.74, 6) is 0.00801. The van der Waals surface area contributed by atoms with Crippen molar-refractivity contribution in [2.24, 2.45) is 5.92 Å². The Morgan fingerprint density at radius 1 is 0.939 bits per heavy atom. The quantitative estimate of drug-likeness (QED) is 0.432. The summed E-state index contributed by atoms with van der Waals surface area (Å²) in [6.45, 7) is 0. The van der Waals surface area contributed by atoms with Gasteiger partial charge in [-0.3, -0.25) is 14.6 Å². The van der Waals surface area contributed by atoms with Gasteiger partial charge in [-0.1, -0.05) is 0 Å². The number of hydrogen-bond donors (Lipinski definition) is 4. The van der Waals surface area contributed by atoms with Crippen LogP contribution in [0.25, 0.3) is 10.9 Å². The molecule has 5 rings (SSSR count). The van der Waals surface area contributed by atoms with Crippen molar-refractivity contribution in [3.63, 3.8) is 0 Å². The third-order valence-corrected chi connectivity index (χ3v) is 6.24. The SMILES string of the molecule is O=C(N[C@H]1CC[C@H](C(=O)O)CC1)c1cnc(Nc2ccc3cnccc3n2)cc1NC1CC1. The Labute approximate surface area is 191 Å². The van der Waals surface area contributed by atoms with E-state index in [1.54, 1.807) is 18.6 Å². The van der Waals surface area contributed by atoms with Crippen LogP contribution >= 0.6 is 0 Å². The number of rotatable bonds is 7. The van der Waals surface area contributed by atoms with E-state index in [0.717, 1.165) is 29.4 Å². The molecule has 2 aliphatic carbocycles. The van der Waals surface area contributed by atoms with Gasteiger partial charge in [-0.25, -0.2) is 9.97 Å². The molecule has 2 aliphatic rings. The number of aliphatic carboxylic acids is 1. The highest BCUT2D eigenvalue weighted by molar-refractivity contribution is 6.00. The number of nitrogens with zero attached hydrogens (tertiary/aromatic N) is 3. The fraction of sp³-hybridized carbons (Fsp3) is 0.375. The standard InChI is InChI=1S/C24H26N6O3/c31-23(28-17-4-1-14(2-5-17)24(32)33)18-13-26-22(11-20(18)27-16-6-7-16)30-21-8-3-15-12-25-10-9-19(15)29-21/h3,8-14,16-17H,1-2,4-7H2,(H,28,31)(H,32,33)(H2,26,27,29,30)/t14-,17-. The van der Waals surface area contributed by atoms with E-state index in [0.29, 0.717) is 48.9 Å². The molecule has 0 atom stereocenters. The van der Waals surface area contributed by atoms with Gasteiger partial charge in [-0.2, -0.15) is 0 Å². The molecule has 0 radical (unpaired) electrons. The first-order valence-electron chi connectivity index (χ1n) is 11.3. The van der Waals surface area contributed by atoms with Gasteiger partial charge in [0.25, 0.3) is 5.91 Å². The molecule has 0 aromatic carbocycles. The first kappa shape index (κ1) is 21.1. The Balaban J connectivity index is 1.31. The largest absolute Gasteiger partial charge is 0.481 e. The number of amides is 1. The monoisotopic (exact) mass is 446 g/mol. The molecule has 3 aromatic rings. The van der Waals surface area contributed by atoms with Crippen molar-refractivity contribution in [1.29, 1.82) is 0 Å². The van der Waals surface area contributed by atoms with Crippen LogP contribution in [0, 0.1) is 5.92 Å². The molecule has 9 heteroatoms. The fourth-order valence-electron chi connectivity index (χ4n) is 4.19. The van der Waals surface area contributed by atoms with E-state index in [2.05, 4.69) is 30.9 Å². The summed E-state index contributed by atoms with van der Waals surface area (Å²) in [4.78, 5) is 37.3. The van der Waals surface area contributed by atoms with Crippen LogP contribution in [0.3, 0.4) is 0 Å². The van der Waals surface area contributed by atoms with Crippen LogP contribution in [0.15, 0.2) is 42.9 Å². The summed E-state index contributed by atoms with van der Waals surface area (Å²) in [5.41, 5.74) is 2.06. The van der Waals surface area contributed by atoms with E-state index >= 15 is 0 Å². The van der Waals surface area contributed by atoms with Crippen LogP contribution in [-0.4, -0.2) is 44.0 Å². The lowest BCUT2D eigenvalue weighted by Gasteiger charge is -2.27. The minimum Gasteiger partial charge on any atom is -0.481 e. The second kappa shape index (κ2) is 9.01. The first-order valence-corrected chi connectivity index (χ1v) is 11.3. The van der Waals surface area contributed by atoms with Gasteiger partial charge in [0.2, 0.25) is 0 Å². The minimum atomic E-state index is -0.749. The highest BCUT2D eigenvalue weighted by atomic mass is 16.4. The van der Waals surface area contributed by atoms with Gasteiger partial charge in [0.15, 0.2) is 0 Å². The number of fused-ring (bicyclic) bond motifs is 1. The number of aromatic nitrogens is 3. The molecule has 2 fully saturated rings. The predicted octanol–water partition coefficient (Wildman–Crippen LogP) is 3.72. The summed E-state index contributed by atoms with van der Waals surface area (Å²) in [5, 5.41) is 19.9. The van der Waals surface area contributed by atoms with Crippen LogP contribution < -0.4 is 16.0 Å². The summed E-state index contributed by atoms with van der Waals surface area (Å²) in [6, 6.07) is 7.86. The molecule has 0 aliphatic heterocycles. The van der Waals surface area contributed by atoms with Gasteiger partial charge in [-0.05, 0) is 56.7 Å². The predicted molar refractivity (Wildman–Crippen MR) is 125 cm³/mol. The van der Waals surface area contributed by atoms with E-state index in [1.165, 1.54) is 0 Å². The molecule has 0 bridgehead atoms.